The molecule has 1 saturated heterocycles. The number of piperazine rings is 1. The third kappa shape index (κ3) is 5.78. The fraction of sp³-hybridized carbons (Fsp3) is 0.462. The van der Waals surface area contributed by atoms with Gasteiger partial charge >= 0.3 is 0 Å². The molecule has 0 radical (unpaired) electrons. The lowest BCUT2D eigenvalue weighted by Crippen LogP contribution is -2.57. The average molecular weight is 298 g/mol. The van der Waals surface area contributed by atoms with Gasteiger partial charge in [0, 0.05) is 25.3 Å². The Morgan fingerprint density at radius 3 is 2.53 bits per heavy atom. The molecule has 0 aromatic heterocycles. The van der Waals surface area contributed by atoms with Crippen molar-refractivity contribution >= 4 is 34.9 Å². The van der Waals surface area contributed by atoms with Crippen molar-refractivity contribution in [1.29, 1.82) is 0 Å². The van der Waals surface area contributed by atoms with E-state index >= 15 is 0 Å². The van der Waals surface area contributed by atoms with Gasteiger partial charge in [-0.3, -0.25) is 4.90 Å². The maximum atomic E-state index is 4.71. The largest absolute Gasteiger partial charge is 0.385 e. The highest BCUT2D eigenvalue weighted by Crippen LogP contribution is 2.18. The molecule has 0 saturated carbocycles. The van der Waals surface area contributed by atoms with Gasteiger partial charge in [-0.15, -0.1) is 12.6 Å². The molecule has 1 atom stereocenters. The monoisotopic (exact) mass is 298 g/mol. The summed E-state index contributed by atoms with van der Waals surface area (Å²) in [6.45, 7) is 3.17. The molecule has 0 spiro atoms. The van der Waals surface area contributed by atoms with E-state index < -0.39 is 0 Å². The first kappa shape index (κ1) is 16.2. The van der Waals surface area contributed by atoms with Crippen LogP contribution in [0, 0.1) is 0 Å². The summed E-state index contributed by atoms with van der Waals surface area (Å²) in [7, 11) is 4.27. The molecule has 3 N–H and O–H groups in total. The van der Waals surface area contributed by atoms with E-state index in [1.54, 1.807) is 0 Å². The third-order valence-corrected chi connectivity index (χ3v) is 2.90. The van der Waals surface area contributed by atoms with Crippen molar-refractivity contribution in [3.63, 3.8) is 0 Å². The predicted octanol–water partition coefficient (Wildman–Crippen LogP) is 1.14. The van der Waals surface area contributed by atoms with Crippen molar-refractivity contribution in [2.45, 2.75) is 6.17 Å². The molecular formula is C13H22N4S2. The van der Waals surface area contributed by atoms with Gasteiger partial charge in [0.15, 0.2) is 0 Å². The second kappa shape index (κ2) is 8.37. The number of nitrogens with two attached hydrogens (primary N) is 1. The lowest BCUT2D eigenvalue weighted by molar-refractivity contribution is 0.253. The molecule has 1 fully saturated rings. The van der Waals surface area contributed by atoms with E-state index in [1.165, 1.54) is 5.69 Å². The first-order valence-corrected chi connectivity index (χ1v) is 7.05. The van der Waals surface area contributed by atoms with Crippen molar-refractivity contribution in [3.8, 4) is 0 Å². The van der Waals surface area contributed by atoms with Gasteiger partial charge in [-0.1, -0.05) is 30.4 Å². The highest BCUT2D eigenvalue weighted by atomic mass is 32.1. The smallest absolute Gasteiger partial charge is 0.128 e. The van der Waals surface area contributed by atoms with Crippen molar-refractivity contribution < 1.29 is 0 Å². The molecule has 1 heterocycles. The number of likely N-dealkylation sites (N-methyl/N-ethyl adjacent to an activating group) is 1. The highest BCUT2D eigenvalue weighted by molar-refractivity contribution is 8.10. The van der Waals surface area contributed by atoms with Crippen LogP contribution in [0.2, 0.25) is 0 Å². The van der Waals surface area contributed by atoms with E-state index in [4.69, 9.17) is 5.73 Å². The Morgan fingerprint density at radius 2 is 2.00 bits per heavy atom. The third-order valence-electron chi connectivity index (χ3n) is 2.90. The van der Waals surface area contributed by atoms with Crippen molar-refractivity contribution in [2.24, 2.45) is 5.73 Å². The fourth-order valence-corrected chi connectivity index (χ4v) is 2.07. The molecule has 1 unspecified atom stereocenters. The Labute approximate surface area is 126 Å². The van der Waals surface area contributed by atoms with E-state index in [9.17, 15) is 0 Å². The minimum Gasteiger partial charge on any atom is -0.385 e. The molecule has 0 amide bonds. The number of thiol groups is 1. The van der Waals surface area contributed by atoms with Crippen LogP contribution in [0.1, 0.15) is 0 Å². The standard InChI is InChI=1S/C12H19N3.CH3NS2/c1-14(2)12-10-13-8-9-15(12)11-6-4-3-5-7-11;2-1(3)4/h3-7,12-13H,8-10H2,1-2H3;(H3,2,3,4). The minimum absolute atomic E-state index is 0.194. The summed E-state index contributed by atoms with van der Waals surface area (Å²) < 4.78 is 0.194. The van der Waals surface area contributed by atoms with Crippen LogP contribution < -0.4 is 16.0 Å². The zero-order chi connectivity index (χ0) is 14.3. The Hall–Kier alpha value is -0.820. The Morgan fingerprint density at radius 1 is 1.42 bits per heavy atom. The summed E-state index contributed by atoms with van der Waals surface area (Å²) in [5, 5.41) is 3.43. The normalized spacial score (nSPS) is 18.7. The first-order chi connectivity index (χ1) is 9.02. The molecule has 106 valence electrons. The van der Waals surface area contributed by atoms with Gasteiger partial charge < -0.3 is 16.0 Å². The summed E-state index contributed by atoms with van der Waals surface area (Å²) in [4.78, 5) is 4.72. The molecule has 2 rings (SSSR count). The van der Waals surface area contributed by atoms with Crippen LogP contribution in [-0.4, -0.2) is 49.1 Å². The van der Waals surface area contributed by atoms with Gasteiger partial charge in [0.25, 0.3) is 0 Å². The summed E-state index contributed by atoms with van der Waals surface area (Å²) in [6.07, 6.45) is 0.459. The minimum atomic E-state index is 0.194. The van der Waals surface area contributed by atoms with Gasteiger partial charge in [-0.05, 0) is 26.2 Å². The number of hydrogen-bond acceptors (Lipinski definition) is 4. The van der Waals surface area contributed by atoms with Gasteiger partial charge in [0.2, 0.25) is 0 Å². The topological polar surface area (TPSA) is 44.5 Å². The molecule has 4 nitrogen and oxygen atoms in total. The highest BCUT2D eigenvalue weighted by Gasteiger charge is 2.23. The SMILES string of the molecule is CN(C)C1CNCCN1c1ccccc1.NC(=S)S. The predicted molar refractivity (Wildman–Crippen MR) is 89.9 cm³/mol. The summed E-state index contributed by atoms with van der Waals surface area (Å²) in [5.41, 5.74) is 6.02. The average Bonchev–Trinajstić information content (AvgIpc) is 2.39. The molecule has 19 heavy (non-hydrogen) atoms. The Kier molecular flexibility index (Phi) is 7.15. The molecule has 6 heteroatoms. The number of hydrogen-bond donors (Lipinski definition) is 3. The lowest BCUT2D eigenvalue weighted by Gasteiger charge is -2.41. The lowest BCUT2D eigenvalue weighted by atomic mass is 10.2. The van der Waals surface area contributed by atoms with Gasteiger partial charge in [-0.2, -0.15) is 0 Å². The van der Waals surface area contributed by atoms with Crippen LogP contribution in [0.5, 0.6) is 0 Å². The van der Waals surface area contributed by atoms with Gasteiger partial charge in [-0.25, -0.2) is 0 Å². The number of rotatable bonds is 2. The van der Waals surface area contributed by atoms with E-state index in [-0.39, 0.29) is 4.32 Å². The molecule has 0 aliphatic carbocycles. The molecule has 1 aliphatic heterocycles. The zero-order valence-corrected chi connectivity index (χ0v) is 13.1. The van der Waals surface area contributed by atoms with Crippen LogP contribution in [0.3, 0.4) is 0 Å². The van der Waals surface area contributed by atoms with E-state index in [0.717, 1.165) is 19.6 Å². The molecule has 0 bridgehead atoms. The number of nitrogens with zero attached hydrogens (tertiary/aromatic N) is 2. The fourth-order valence-electron chi connectivity index (χ4n) is 2.07. The molecule has 1 aromatic rings. The van der Waals surface area contributed by atoms with E-state index in [1.807, 2.05) is 0 Å². The van der Waals surface area contributed by atoms with Crippen LogP contribution in [0.15, 0.2) is 30.3 Å². The Bertz CT molecular complexity index is 379. The second-order valence-corrected chi connectivity index (χ2v) is 5.74. The van der Waals surface area contributed by atoms with Crippen molar-refractivity contribution in [2.75, 3.05) is 38.6 Å². The van der Waals surface area contributed by atoms with Crippen LogP contribution in [0.25, 0.3) is 0 Å². The first-order valence-electron chi connectivity index (χ1n) is 6.19. The number of nitrogens with one attached hydrogen (secondary N) is 1. The second-order valence-electron chi connectivity index (χ2n) is 4.52. The van der Waals surface area contributed by atoms with Crippen molar-refractivity contribution in [1.82, 2.24) is 10.2 Å². The summed E-state index contributed by atoms with van der Waals surface area (Å²) in [5.74, 6) is 0. The molecular weight excluding hydrogens is 276 g/mol. The van der Waals surface area contributed by atoms with Gasteiger partial charge in [0.05, 0.1) is 6.17 Å². The van der Waals surface area contributed by atoms with Gasteiger partial charge in [0.1, 0.15) is 4.32 Å². The molecule has 1 aliphatic rings. The summed E-state index contributed by atoms with van der Waals surface area (Å²) in [6, 6.07) is 10.6. The van der Waals surface area contributed by atoms with Crippen LogP contribution in [-0.2, 0) is 0 Å². The number of benzene rings is 1. The van der Waals surface area contributed by atoms with Crippen LogP contribution in [0.4, 0.5) is 5.69 Å². The summed E-state index contributed by atoms with van der Waals surface area (Å²) >= 11 is 7.65. The van der Waals surface area contributed by atoms with Crippen molar-refractivity contribution in [3.05, 3.63) is 30.3 Å². The Balaban J connectivity index is 0.000000399. The van der Waals surface area contributed by atoms with Crippen LogP contribution >= 0.6 is 24.8 Å². The number of anilines is 1. The quantitative estimate of drug-likeness (QED) is 0.565. The maximum absolute atomic E-state index is 4.71. The maximum Gasteiger partial charge on any atom is 0.128 e. The number of para-hydroxylation sites is 1. The zero-order valence-electron chi connectivity index (χ0n) is 11.4. The number of thiocarbonyl (C=S) groups is 1. The van der Waals surface area contributed by atoms with E-state index in [2.05, 4.69) is 84.4 Å². The van der Waals surface area contributed by atoms with E-state index in [0.29, 0.717) is 6.17 Å². The molecule has 1 aromatic carbocycles.